The van der Waals surface area contributed by atoms with Crippen LogP contribution in [0.3, 0.4) is 0 Å². The third-order valence-electron chi connectivity index (χ3n) is 1.52. The van der Waals surface area contributed by atoms with Gasteiger partial charge >= 0.3 is 0 Å². The molecular weight excluding hydrogens is 184 g/mol. The highest BCUT2D eigenvalue weighted by atomic mass is 16.5. The second-order valence-corrected chi connectivity index (χ2v) is 4.00. The molecule has 14 heavy (non-hydrogen) atoms. The van der Waals surface area contributed by atoms with Crippen LogP contribution in [-0.4, -0.2) is 36.0 Å². The van der Waals surface area contributed by atoms with Crippen molar-refractivity contribution in [2.24, 2.45) is 10.9 Å². The lowest BCUT2D eigenvalue weighted by atomic mass is 10.2. The molecule has 0 aromatic rings. The van der Waals surface area contributed by atoms with Gasteiger partial charge in [0.15, 0.2) is 5.84 Å². The fourth-order valence-electron chi connectivity index (χ4n) is 0.739. The smallest absolute Gasteiger partial charge is 0.168 e. The third kappa shape index (κ3) is 6.68. The standard InChI is InChI=1S/C9H20N2O3/c1-7(8(10)11-12)13-5-6-14-9(2,3)4/h7,12H,5-6H2,1-4H3,(H2,10,11). The van der Waals surface area contributed by atoms with Gasteiger partial charge in [-0.2, -0.15) is 0 Å². The first-order valence-corrected chi connectivity index (χ1v) is 4.60. The second kappa shape index (κ2) is 5.82. The molecule has 0 radical (unpaired) electrons. The van der Waals surface area contributed by atoms with E-state index in [2.05, 4.69) is 5.16 Å². The van der Waals surface area contributed by atoms with Crippen LogP contribution < -0.4 is 5.73 Å². The van der Waals surface area contributed by atoms with Gasteiger partial charge in [0.2, 0.25) is 0 Å². The van der Waals surface area contributed by atoms with E-state index in [-0.39, 0.29) is 17.5 Å². The molecule has 1 atom stereocenters. The van der Waals surface area contributed by atoms with Gasteiger partial charge in [0, 0.05) is 0 Å². The highest BCUT2D eigenvalue weighted by Gasteiger charge is 2.11. The van der Waals surface area contributed by atoms with Gasteiger partial charge in [-0.3, -0.25) is 0 Å². The van der Waals surface area contributed by atoms with Crippen LogP contribution in [0.1, 0.15) is 27.7 Å². The van der Waals surface area contributed by atoms with Crippen molar-refractivity contribution in [1.82, 2.24) is 0 Å². The summed E-state index contributed by atoms with van der Waals surface area (Å²) >= 11 is 0. The fraction of sp³-hybridized carbons (Fsp3) is 0.889. The summed E-state index contributed by atoms with van der Waals surface area (Å²) in [4.78, 5) is 0. The molecule has 5 heteroatoms. The molecule has 0 aromatic carbocycles. The maximum Gasteiger partial charge on any atom is 0.168 e. The van der Waals surface area contributed by atoms with Crippen LogP contribution in [0.4, 0.5) is 0 Å². The molecule has 3 N–H and O–H groups in total. The van der Waals surface area contributed by atoms with Crippen LogP contribution in [0.2, 0.25) is 0 Å². The number of oxime groups is 1. The molecule has 1 unspecified atom stereocenters. The van der Waals surface area contributed by atoms with Crippen LogP contribution in [0.5, 0.6) is 0 Å². The lowest BCUT2D eigenvalue weighted by Gasteiger charge is -2.20. The van der Waals surface area contributed by atoms with Gasteiger partial charge in [0.25, 0.3) is 0 Å². The molecule has 0 saturated carbocycles. The largest absolute Gasteiger partial charge is 0.409 e. The molecule has 0 aliphatic heterocycles. The molecule has 0 bridgehead atoms. The van der Waals surface area contributed by atoms with Gasteiger partial charge in [-0.05, 0) is 27.7 Å². The summed E-state index contributed by atoms with van der Waals surface area (Å²) in [5, 5.41) is 11.2. The molecule has 84 valence electrons. The van der Waals surface area contributed by atoms with E-state index in [1.807, 2.05) is 20.8 Å². The molecule has 0 rings (SSSR count). The minimum absolute atomic E-state index is 0.0701. The predicted octanol–water partition coefficient (Wildman–Crippen LogP) is 0.953. The molecule has 0 saturated heterocycles. The zero-order valence-corrected chi connectivity index (χ0v) is 9.28. The normalized spacial score (nSPS) is 15.6. The van der Waals surface area contributed by atoms with Crippen LogP contribution in [-0.2, 0) is 9.47 Å². The second-order valence-electron chi connectivity index (χ2n) is 4.00. The van der Waals surface area contributed by atoms with Gasteiger partial charge in [0.1, 0.15) is 6.10 Å². The van der Waals surface area contributed by atoms with Crippen molar-refractivity contribution in [1.29, 1.82) is 0 Å². The molecule has 0 heterocycles. The number of nitrogens with zero attached hydrogens (tertiary/aromatic N) is 1. The Balaban J connectivity index is 3.56. The monoisotopic (exact) mass is 204 g/mol. The molecule has 0 aliphatic rings. The van der Waals surface area contributed by atoms with E-state index in [1.54, 1.807) is 6.92 Å². The summed E-state index contributed by atoms with van der Waals surface area (Å²) in [5.41, 5.74) is 5.16. The first-order chi connectivity index (χ1) is 6.37. The number of nitrogens with two attached hydrogens (primary N) is 1. The Labute approximate surface area is 84.9 Å². The summed E-state index contributed by atoms with van der Waals surface area (Å²) in [7, 11) is 0. The van der Waals surface area contributed by atoms with Gasteiger partial charge in [0.05, 0.1) is 18.8 Å². The van der Waals surface area contributed by atoms with Crippen molar-refractivity contribution >= 4 is 5.84 Å². The Morgan fingerprint density at radius 3 is 2.43 bits per heavy atom. The molecule has 0 aliphatic carbocycles. The third-order valence-corrected chi connectivity index (χ3v) is 1.52. The molecule has 0 aromatic heterocycles. The lowest BCUT2D eigenvalue weighted by Crippen LogP contribution is -2.30. The molecule has 0 spiro atoms. The summed E-state index contributed by atoms with van der Waals surface area (Å²) in [5.74, 6) is 0.0701. The Kier molecular flexibility index (Phi) is 5.49. The van der Waals surface area contributed by atoms with E-state index in [9.17, 15) is 0 Å². The first kappa shape index (κ1) is 13.2. The van der Waals surface area contributed by atoms with E-state index in [4.69, 9.17) is 20.4 Å². The minimum atomic E-state index is -0.386. The minimum Gasteiger partial charge on any atom is -0.409 e. The first-order valence-electron chi connectivity index (χ1n) is 4.60. The van der Waals surface area contributed by atoms with Gasteiger partial charge in [-0.15, -0.1) is 0 Å². The topological polar surface area (TPSA) is 77.1 Å². The highest BCUT2D eigenvalue weighted by molar-refractivity contribution is 5.83. The number of amidine groups is 1. The van der Waals surface area contributed by atoms with Gasteiger partial charge in [-0.25, -0.2) is 0 Å². The van der Waals surface area contributed by atoms with Crippen molar-refractivity contribution in [2.45, 2.75) is 39.4 Å². The average molecular weight is 204 g/mol. The maximum absolute atomic E-state index is 8.34. The molecule has 5 nitrogen and oxygen atoms in total. The molecular formula is C9H20N2O3. The van der Waals surface area contributed by atoms with Crippen molar-refractivity contribution in [3.05, 3.63) is 0 Å². The van der Waals surface area contributed by atoms with Crippen molar-refractivity contribution in [3.8, 4) is 0 Å². The van der Waals surface area contributed by atoms with Crippen molar-refractivity contribution < 1.29 is 14.7 Å². The number of ether oxygens (including phenoxy) is 2. The van der Waals surface area contributed by atoms with Crippen molar-refractivity contribution in [2.75, 3.05) is 13.2 Å². The van der Waals surface area contributed by atoms with Crippen molar-refractivity contribution in [3.63, 3.8) is 0 Å². The van der Waals surface area contributed by atoms with E-state index >= 15 is 0 Å². The Morgan fingerprint density at radius 2 is 2.00 bits per heavy atom. The van der Waals surface area contributed by atoms with E-state index in [0.717, 1.165) is 0 Å². The van der Waals surface area contributed by atoms with Crippen LogP contribution in [0.15, 0.2) is 5.16 Å². The number of rotatable bonds is 5. The Bertz CT molecular complexity index is 187. The van der Waals surface area contributed by atoms with Crippen LogP contribution in [0, 0.1) is 0 Å². The number of hydrogen-bond acceptors (Lipinski definition) is 4. The molecule has 0 amide bonds. The Morgan fingerprint density at radius 1 is 1.43 bits per heavy atom. The van der Waals surface area contributed by atoms with Gasteiger partial charge in [-0.1, -0.05) is 5.16 Å². The van der Waals surface area contributed by atoms with Crippen LogP contribution in [0.25, 0.3) is 0 Å². The van der Waals surface area contributed by atoms with E-state index in [0.29, 0.717) is 13.2 Å². The fourth-order valence-corrected chi connectivity index (χ4v) is 0.739. The summed E-state index contributed by atoms with van der Waals surface area (Å²) in [6, 6.07) is 0. The number of hydrogen-bond donors (Lipinski definition) is 2. The average Bonchev–Trinajstić information content (AvgIpc) is 2.09. The van der Waals surface area contributed by atoms with Crippen LogP contribution >= 0.6 is 0 Å². The summed E-state index contributed by atoms with van der Waals surface area (Å²) in [6.07, 6.45) is -0.386. The zero-order chi connectivity index (χ0) is 11.2. The summed E-state index contributed by atoms with van der Waals surface area (Å²) in [6.45, 7) is 8.55. The molecule has 0 fully saturated rings. The summed E-state index contributed by atoms with van der Waals surface area (Å²) < 4.78 is 10.7. The zero-order valence-electron chi connectivity index (χ0n) is 9.28. The lowest BCUT2D eigenvalue weighted by molar-refractivity contribution is -0.0397. The quantitative estimate of drug-likeness (QED) is 0.230. The maximum atomic E-state index is 8.34. The Hall–Kier alpha value is -0.810. The van der Waals surface area contributed by atoms with E-state index < -0.39 is 0 Å². The highest BCUT2D eigenvalue weighted by Crippen LogP contribution is 2.05. The van der Waals surface area contributed by atoms with Gasteiger partial charge < -0.3 is 20.4 Å². The SMILES string of the molecule is CC(OCCOC(C)(C)C)C(N)=NO. The van der Waals surface area contributed by atoms with E-state index in [1.165, 1.54) is 0 Å². The predicted molar refractivity (Wildman–Crippen MR) is 54.5 cm³/mol.